The van der Waals surface area contributed by atoms with Crippen LogP contribution in [0.2, 0.25) is 0 Å². The molecule has 1 heterocycles. The summed E-state index contributed by atoms with van der Waals surface area (Å²) >= 11 is 0. The number of nitrogens with zero attached hydrogens (tertiary/aromatic N) is 3. The summed E-state index contributed by atoms with van der Waals surface area (Å²) in [5, 5.41) is 22.4. The maximum Gasteiger partial charge on any atom is 0.381 e. The predicted molar refractivity (Wildman–Crippen MR) is 87.9 cm³/mol. The summed E-state index contributed by atoms with van der Waals surface area (Å²) in [7, 11) is 0. The Labute approximate surface area is 143 Å². The number of carboxylic acid groups (broad SMARTS) is 1. The van der Waals surface area contributed by atoms with Gasteiger partial charge >= 0.3 is 11.8 Å². The van der Waals surface area contributed by atoms with E-state index in [0.717, 1.165) is 5.56 Å². The van der Waals surface area contributed by atoms with E-state index in [-0.39, 0.29) is 25.2 Å². The highest BCUT2D eigenvalue weighted by atomic mass is 16.6. The van der Waals surface area contributed by atoms with Gasteiger partial charge in [-0.25, -0.2) is 4.79 Å². The Kier molecular flexibility index (Phi) is 5.83. The lowest BCUT2D eigenvalue weighted by molar-refractivity contribution is -0.389. The smallest absolute Gasteiger partial charge is 0.381 e. The highest BCUT2D eigenvalue weighted by Gasteiger charge is 2.21. The number of nitrogens with one attached hydrogen (secondary N) is 1. The molecule has 0 radical (unpaired) electrons. The van der Waals surface area contributed by atoms with Crippen LogP contribution in [0.15, 0.2) is 36.5 Å². The first-order valence-corrected chi connectivity index (χ1v) is 7.61. The molecular weight excluding hydrogens is 328 g/mol. The van der Waals surface area contributed by atoms with Crippen LogP contribution in [0, 0.1) is 17.0 Å². The summed E-state index contributed by atoms with van der Waals surface area (Å²) in [6.07, 6.45) is 1.42. The molecule has 9 heteroatoms. The zero-order chi connectivity index (χ0) is 18.4. The number of hydrogen-bond donors (Lipinski definition) is 2. The lowest BCUT2D eigenvalue weighted by atomic mass is 10.1. The normalized spacial score (nSPS) is 11.7. The minimum Gasteiger partial charge on any atom is -0.480 e. The Morgan fingerprint density at radius 3 is 2.60 bits per heavy atom. The van der Waals surface area contributed by atoms with Crippen molar-refractivity contribution >= 4 is 17.7 Å². The van der Waals surface area contributed by atoms with Crippen molar-refractivity contribution in [2.24, 2.45) is 0 Å². The van der Waals surface area contributed by atoms with E-state index in [1.165, 1.54) is 10.8 Å². The van der Waals surface area contributed by atoms with Crippen molar-refractivity contribution in [2.45, 2.75) is 32.4 Å². The van der Waals surface area contributed by atoms with Crippen molar-refractivity contribution in [1.29, 1.82) is 0 Å². The zero-order valence-corrected chi connectivity index (χ0v) is 13.6. The van der Waals surface area contributed by atoms with Gasteiger partial charge in [0.1, 0.15) is 12.2 Å². The minimum atomic E-state index is -1.12. The topological polar surface area (TPSA) is 127 Å². The number of carbonyl (C=O) groups is 2. The molecule has 0 aliphatic heterocycles. The quantitative estimate of drug-likeness (QED) is 0.548. The number of amides is 1. The molecule has 0 saturated carbocycles. The number of aryl methyl sites for hydroxylation is 2. The highest BCUT2D eigenvalue weighted by Crippen LogP contribution is 2.11. The highest BCUT2D eigenvalue weighted by molar-refractivity contribution is 5.83. The second-order valence-electron chi connectivity index (χ2n) is 5.49. The number of benzene rings is 1. The third kappa shape index (κ3) is 5.13. The van der Waals surface area contributed by atoms with Crippen LogP contribution in [0.5, 0.6) is 0 Å². The van der Waals surface area contributed by atoms with Gasteiger partial charge in [-0.15, -0.1) is 0 Å². The molecule has 2 N–H and O–H groups in total. The number of carbonyl (C=O) groups excluding carboxylic acids is 1. The van der Waals surface area contributed by atoms with Gasteiger partial charge < -0.3 is 25.1 Å². The summed E-state index contributed by atoms with van der Waals surface area (Å²) in [6.45, 7) is 1.77. The molecule has 0 spiro atoms. The number of aliphatic carboxylic acids is 1. The number of nitro groups is 1. The SMILES string of the molecule is Cc1nc([N+](=O)[O-])cn1CCC(=O)N[C@@H](Cc1ccccc1)C(=O)O. The maximum absolute atomic E-state index is 12.0. The fraction of sp³-hybridized carbons (Fsp3) is 0.312. The molecule has 1 aromatic carbocycles. The van der Waals surface area contributed by atoms with Gasteiger partial charge in [-0.2, -0.15) is 0 Å². The first-order chi connectivity index (χ1) is 11.9. The first-order valence-electron chi connectivity index (χ1n) is 7.61. The van der Waals surface area contributed by atoms with Crippen LogP contribution in [0.3, 0.4) is 0 Å². The largest absolute Gasteiger partial charge is 0.480 e. The summed E-state index contributed by atoms with van der Waals surface area (Å²) in [5.41, 5.74) is 0.802. The Balaban J connectivity index is 1.93. The molecule has 0 unspecified atom stereocenters. The Morgan fingerprint density at radius 2 is 2.04 bits per heavy atom. The number of imidazole rings is 1. The average molecular weight is 346 g/mol. The molecule has 1 amide bonds. The molecule has 0 fully saturated rings. The standard InChI is InChI=1S/C16H18N4O5/c1-11-17-14(20(24)25)10-19(11)8-7-15(21)18-13(16(22)23)9-12-5-3-2-4-6-12/h2-6,10,13H,7-9H2,1H3,(H,18,21)(H,22,23)/t13-/m0/s1. The Morgan fingerprint density at radius 1 is 1.36 bits per heavy atom. The van der Waals surface area contributed by atoms with Crippen molar-refractivity contribution < 1.29 is 19.6 Å². The van der Waals surface area contributed by atoms with Gasteiger partial charge in [-0.1, -0.05) is 30.3 Å². The van der Waals surface area contributed by atoms with Crippen LogP contribution >= 0.6 is 0 Å². The molecule has 0 bridgehead atoms. The van der Waals surface area contributed by atoms with E-state index in [1.807, 2.05) is 6.07 Å². The fourth-order valence-electron chi connectivity index (χ4n) is 2.34. The third-order valence-electron chi connectivity index (χ3n) is 3.65. The van der Waals surface area contributed by atoms with Crippen LogP contribution < -0.4 is 5.32 Å². The van der Waals surface area contributed by atoms with E-state index < -0.39 is 22.8 Å². The summed E-state index contributed by atoms with van der Waals surface area (Å²) < 4.78 is 1.49. The summed E-state index contributed by atoms with van der Waals surface area (Å²) in [5.74, 6) is -1.44. The van der Waals surface area contributed by atoms with Gasteiger partial charge in [-0.3, -0.25) is 4.79 Å². The van der Waals surface area contributed by atoms with E-state index in [1.54, 1.807) is 31.2 Å². The molecule has 1 aromatic heterocycles. The van der Waals surface area contributed by atoms with Crippen molar-refractivity contribution in [1.82, 2.24) is 14.9 Å². The molecule has 132 valence electrons. The van der Waals surface area contributed by atoms with Gasteiger partial charge in [0, 0.05) is 26.3 Å². The van der Waals surface area contributed by atoms with Gasteiger partial charge in [0.15, 0.2) is 0 Å². The lowest BCUT2D eigenvalue weighted by Gasteiger charge is -2.14. The first kappa shape index (κ1) is 18.1. The molecule has 2 aromatic rings. The molecule has 0 saturated heterocycles. The monoisotopic (exact) mass is 346 g/mol. The maximum atomic E-state index is 12.0. The molecule has 2 rings (SSSR count). The van der Waals surface area contributed by atoms with Gasteiger partial charge in [-0.05, 0) is 15.5 Å². The van der Waals surface area contributed by atoms with Crippen LogP contribution in [0.1, 0.15) is 17.8 Å². The van der Waals surface area contributed by atoms with Crippen molar-refractivity contribution in [3.8, 4) is 0 Å². The number of carboxylic acids is 1. The fourth-order valence-corrected chi connectivity index (χ4v) is 2.34. The van der Waals surface area contributed by atoms with Crippen LogP contribution in [0.25, 0.3) is 0 Å². The van der Waals surface area contributed by atoms with E-state index in [9.17, 15) is 24.8 Å². The number of hydrogen-bond acceptors (Lipinski definition) is 5. The molecular formula is C16H18N4O5. The van der Waals surface area contributed by atoms with E-state index in [2.05, 4.69) is 10.3 Å². The molecule has 25 heavy (non-hydrogen) atoms. The molecule has 0 aliphatic carbocycles. The second-order valence-corrected chi connectivity index (χ2v) is 5.49. The lowest BCUT2D eigenvalue weighted by Crippen LogP contribution is -2.42. The zero-order valence-electron chi connectivity index (χ0n) is 13.6. The van der Waals surface area contributed by atoms with Crippen LogP contribution in [-0.4, -0.2) is 37.5 Å². The van der Waals surface area contributed by atoms with Gasteiger partial charge in [0.2, 0.25) is 11.7 Å². The van der Waals surface area contributed by atoms with Crippen molar-refractivity contribution in [2.75, 3.05) is 0 Å². The van der Waals surface area contributed by atoms with E-state index in [4.69, 9.17) is 0 Å². The molecule has 1 atom stereocenters. The van der Waals surface area contributed by atoms with Crippen molar-refractivity contribution in [3.63, 3.8) is 0 Å². The summed E-state index contributed by atoms with van der Waals surface area (Å²) in [6, 6.07) is 7.96. The average Bonchev–Trinajstić information content (AvgIpc) is 2.94. The number of aromatic nitrogens is 2. The van der Waals surface area contributed by atoms with Gasteiger partial charge in [0.05, 0.1) is 0 Å². The molecule has 9 nitrogen and oxygen atoms in total. The number of rotatable bonds is 8. The predicted octanol–water partition coefficient (Wildman–Crippen LogP) is 1.30. The minimum absolute atomic E-state index is 0.00702. The van der Waals surface area contributed by atoms with E-state index in [0.29, 0.717) is 5.82 Å². The summed E-state index contributed by atoms with van der Waals surface area (Å²) in [4.78, 5) is 37.2. The Hall–Kier alpha value is -3.23. The molecule has 0 aliphatic rings. The van der Waals surface area contributed by atoms with E-state index >= 15 is 0 Å². The van der Waals surface area contributed by atoms with Crippen LogP contribution in [-0.2, 0) is 22.6 Å². The second kappa shape index (κ2) is 8.04. The third-order valence-corrected chi connectivity index (χ3v) is 3.65. The Bertz CT molecular complexity index is 772. The van der Waals surface area contributed by atoms with Gasteiger partial charge in [0.25, 0.3) is 0 Å². The van der Waals surface area contributed by atoms with Crippen molar-refractivity contribution in [3.05, 3.63) is 58.0 Å². The van der Waals surface area contributed by atoms with Crippen LogP contribution in [0.4, 0.5) is 5.82 Å².